The second-order valence-corrected chi connectivity index (χ2v) is 8.95. The van der Waals surface area contributed by atoms with Crippen LogP contribution in [-0.4, -0.2) is 29.5 Å². The van der Waals surface area contributed by atoms with Crippen molar-refractivity contribution < 1.29 is 27.4 Å². The van der Waals surface area contributed by atoms with Crippen LogP contribution in [0.3, 0.4) is 0 Å². The number of benzene rings is 2. The third-order valence-electron chi connectivity index (χ3n) is 5.52. The van der Waals surface area contributed by atoms with Gasteiger partial charge in [0.05, 0.1) is 25.0 Å². The number of alkyl halides is 3. The molecule has 0 aliphatic heterocycles. The van der Waals surface area contributed by atoms with Crippen molar-refractivity contribution in [3.63, 3.8) is 0 Å². The number of ether oxygens (including phenoxy) is 3. The Morgan fingerprint density at radius 2 is 1.86 bits per heavy atom. The fourth-order valence-electron chi connectivity index (χ4n) is 3.79. The summed E-state index contributed by atoms with van der Waals surface area (Å²) >= 11 is 1.30. The van der Waals surface area contributed by atoms with Crippen molar-refractivity contribution in [3.8, 4) is 28.4 Å². The Labute approximate surface area is 215 Å². The average molecular weight is 531 g/mol. The van der Waals surface area contributed by atoms with Gasteiger partial charge < -0.3 is 14.2 Å². The molecule has 0 saturated carbocycles. The molecule has 0 radical (unpaired) electrons. The summed E-state index contributed by atoms with van der Waals surface area (Å²) in [6.45, 7) is 2.65. The number of halogens is 3. The van der Waals surface area contributed by atoms with Crippen LogP contribution in [0, 0.1) is 0 Å². The molecule has 0 spiro atoms. The first-order valence-electron chi connectivity index (χ1n) is 11.6. The first-order valence-corrected chi connectivity index (χ1v) is 12.5. The summed E-state index contributed by atoms with van der Waals surface area (Å²) in [6.07, 6.45) is 3.31. The third-order valence-corrected chi connectivity index (χ3v) is 6.27. The Bertz CT molecular complexity index is 1440. The zero-order chi connectivity index (χ0) is 26.4. The topological polar surface area (TPSA) is 62.1 Å². The highest BCUT2D eigenvalue weighted by Crippen LogP contribution is 2.33. The van der Waals surface area contributed by atoms with Gasteiger partial charge in [-0.05, 0) is 42.3 Å². The highest BCUT2D eigenvalue weighted by Gasteiger charge is 2.31. The maximum Gasteiger partial charge on any atom is 0.573 e. The molecule has 194 valence electrons. The summed E-state index contributed by atoms with van der Waals surface area (Å²) in [4.78, 5) is 18.5. The molecule has 2 heterocycles. The van der Waals surface area contributed by atoms with E-state index in [2.05, 4.69) is 16.6 Å². The number of aromatic nitrogens is 2. The lowest BCUT2D eigenvalue weighted by Gasteiger charge is -2.13. The van der Waals surface area contributed by atoms with Crippen molar-refractivity contribution in [1.82, 2.24) is 9.38 Å². The number of hydrogen-bond acceptors (Lipinski definition) is 6. The van der Waals surface area contributed by atoms with Crippen LogP contribution in [0.1, 0.15) is 37.4 Å². The molecule has 0 bridgehead atoms. The normalized spacial score (nSPS) is 11.8. The van der Waals surface area contributed by atoms with Gasteiger partial charge in [-0.1, -0.05) is 44.0 Å². The van der Waals surface area contributed by atoms with Gasteiger partial charge in [0.15, 0.2) is 16.5 Å². The zero-order valence-electron chi connectivity index (χ0n) is 20.2. The molecule has 0 aliphatic carbocycles. The molecule has 0 aliphatic rings. The molecule has 6 nitrogen and oxygen atoms in total. The SMILES string of the molecule is CCCCCOc1c(C=Cc2nc3sccn3c(=O)c2-c2ccc(OC(F)(F)F)cc2)cccc1OC. The highest BCUT2D eigenvalue weighted by atomic mass is 32.1. The maximum absolute atomic E-state index is 13.3. The van der Waals surface area contributed by atoms with E-state index in [0.29, 0.717) is 34.3 Å². The molecule has 0 amide bonds. The van der Waals surface area contributed by atoms with Crippen LogP contribution >= 0.6 is 11.3 Å². The average Bonchev–Trinajstić information content (AvgIpc) is 3.34. The quantitative estimate of drug-likeness (QED) is 0.205. The van der Waals surface area contributed by atoms with Gasteiger partial charge in [0.1, 0.15) is 5.75 Å². The van der Waals surface area contributed by atoms with Crippen LogP contribution in [-0.2, 0) is 0 Å². The van der Waals surface area contributed by atoms with Crippen molar-refractivity contribution >= 4 is 28.4 Å². The van der Waals surface area contributed by atoms with Gasteiger partial charge in [-0.15, -0.1) is 24.5 Å². The Kier molecular flexibility index (Phi) is 8.17. The Morgan fingerprint density at radius 1 is 1.08 bits per heavy atom. The number of fused-ring (bicyclic) bond motifs is 1. The van der Waals surface area contributed by atoms with E-state index in [0.717, 1.165) is 24.8 Å². The van der Waals surface area contributed by atoms with Gasteiger partial charge in [-0.2, -0.15) is 0 Å². The van der Waals surface area contributed by atoms with Crippen molar-refractivity contribution in [1.29, 1.82) is 0 Å². The van der Waals surface area contributed by atoms with Crippen molar-refractivity contribution in [2.24, 2.45) is 0 Å². The number of nitrogens with zero attached hydrogens (tertiary/aromatic N) is 2. The molecule has 0 atom stereocenters. The summed E-state index contributed by atoms with van der Waals surface area (Å²) < 4.78 is 54.6. The van der Waals surface area contributed by atoms with Gasteiger partial charge >= 0.3 is 6.36 Å². The molecule has 2 aromatic heterocycles. The first kappa shape index (κ1) is 26.3. The largest absolute Gasteiger partial charge is 0.573 e. The van der Waals surface area contributed by atoms with E-state index in [9.17, 15) is 18.0 Å². The lowest BCUT2D eigenvalue weighted by atomic mass is 10.0. The van der Waals surface area contributed by atoms with E-state index < -0.39 is 6.36 Å². The first-order chi connectivity index (χ1) is 17.8. The van der Waals surface area contributed by atoms with Gasteiger partial charge in [0.25, 0.3) is 5.56 Å². The lowest BCUT2D eigenvalue weighted by molar-refractivity contribution is -0.274. The molecule has 37 heavy (non-hydrogen) atoms. The van der Waals surface area contributed by atoms with Crippen LogP contribution in [0.2, 0.25) is 0 Å². The van der Waals surface area contributed by atoms with Gasteiger partial charge in [0.2, 0.25) is 0 Å². The van der Waals surface area contributed by atoms with Crippen LogP contribution in [0.4, 0.5) is 13.2 Å². The molecular formula is C27H25F3N2O4S. The predicted octanol–water partition coefficient (Wildman–Crippen LogP) is 7.07. The monoisotopic (exact) mass is 530 g/mol. The molecule has 4 aromatic rings. The Hall–Kier alpha value is -3.79. The molecular weight excluding hydrogens is 505 g/mol. The van der Waals surface area contributed by atoms with Gasteiger partial charge in [0, 0.05) is 17.1 Å². The summed E-state index contributed by atoms with van der Waals surface area (Å²) in [6, 6.07) is 10.7. The number of rotatable bonds is 10. The smallest absolute Gasteiger partial charge is 0.493 e. The Morgan fingerprint density at radius 3 is 2.57 bits per heavy atom. The lowest BCUT2D eigenvalue weighted by Crippen LogP contribution is -2.18. The number of para-hydroxylation sites is 1. The zero-order valence-corrected chi connectivity index (χ0v) is 21.1. The van der Waals surface area contributed by atoms with Gasteiger partial charge in [-0.3, -0.25) is 9.20 Å². The van der Waals surface area contributed by atoms with E-state index in [4.69, 9.17) is 9.47 Å². The summed E-state index contributed by atoms with van der Waals surface area (Å²) in [5.74, 6) is 0.793. The summed E-state index contributed by atoms with van der Waals surface area (Å²) in [5, 5.41) is 1.74. The summed E-state index contributed by atoms with van der Waals surface area (Å²) in [5.41, 5.74) is 1.44. The van der Waals surface area contributed by atoms with Crippen LogP contribution < -0.4 is 19.8 Å². The molecule has 0 saturated heterocycles. The molecule has 0 unspecified atom stereocenters. The second-order valence-electron chi connectivity index (χ2n) is 8.07. The van der Waals surface area contributed by atoms with E-state index in [-0.39, 0.29) is 16.9 Å². The van der Waals surface area contributed by atoms with E-state index >= 15 is 0 Å². The van der Waals surface area contributed by atoms with Crippen LogP contribution in [0.15, 0.2) is 58.8 Å². The van der Waals surface area contributed by atoms with Crippen molar-refractivity contribution in [3.05, 3.63) is 75.7 Å². The molecule has 4 rings (SSSR count). The minimum atomic E-state index is -4.81. The number of unbranched alkanes of at least 4 members (excludes halogenated alkanes) is 2. The van der Waals surface area contributed by atoms with Crippen LogP contribution in [0.5, 0.6) is 17.2 Å². The molecule has 2 aromatic carbocycles. The fraction of sp³-hybridized carbons (Fsp3) is 0.259. The highest BCUT2D eigenvalue weighted by molar-refractivity contribution is 7.15. The standard InChI is InChI=1S/C27H25F3N2O4S/c1-3-4-5-16-35-24-19(7-6-8-22(24)34-2)11-14-21-23(25(33)32-15-17-37-26(32)31-21)18-9-12-20(13-10-18)36-27(28,29)30/h6-15,17H,3-5,16H2,1-2H3. The maximum atomic E-state index is 13.3. The number of methoxy groups -OCH3 is 1. The minimum Gasteiger partial charge on any atom is -0.493 e. The fourth-order valence-corrected chi connectivity index (χ4v) is 4.50. The summed E-state index contributed by atoms with van der Waals surface area (Å²) in [7, 11) is 1.57. The molecule has 0 N–H and O–H groups in total. The van der Waals surface area contributed by atoms with Crippen LogP contribution in [0.25, 0.3) is 28.2 Å². The third kappa shape index (κ3) is 6.32. The van der Waals surface area contributed by atoms with Crippen molar-refractivity contribution in [2.45, 2.75) is 32.5 Å². The van der Waals surface area contributed by atoms with E-state index in [1.807, 2.05) is 18.2 Å². The van der Waals surface area contributed by atoms with E-state index in [1.165, 1.54) is 40.0 Å². The number of hydrogen-bond donors (Lipinski definition) is 0. The van der Waals surface area contributed by atoms with Crippen molar-refractivity contribution in [2.75, 3.05) is 13.7 Å². The Balaban J connectivity index is 1.75. The molecule has 10 heteroatoms. The van der Waals surface area contributed by atoms with Gasteiger partial charge in [-0.25, -0.2) is 4.98 Å². The number of thiazole rings is 1. The molecule has 0 fully saturated rings. The second kappa shape index (κ2) is 11.5. The predicted molar refractivity (Wildman–Crippen MR) is 138 cm³/mol. The minimum absolute atomic E-state index is 0.249. The van der Waals surface area contributed by atoms with E-state index in [1.54, 1.807) is 30.8 Å².